The van der Waals surface area contributed by atoms with E-state index in [0.717, 1.165) is 24.6 Å². The molecule has 0 bridgehead atoms. The van der Waals surface area contributed by atoms with Gasteiger partial charge in [-0.1, -0.05) is 0 Å². The van der Waals surface area contributed by atoms with E-state index >= 15 is 0 Å². The Kier molecular flexibility index (Phi) is 5.17. The van der Waals surface area contributed by atoms with Crippen LogP contribution in [0.15, 0.2) is 6.07 Å². The lowest BCUT2D eigenvalue weighted by Gasteiger charge is -2.35. The Morgan fingerprint density at radius 3 is 2.90 bits per heavy atom. The van der Waals surface area contributed by atoms with Gasteiger partial charge in [-0.3, -0.25) is 0 Å². The quantitative estimate of drug-likeness (QED) is 0.895. The Balaban J connectivity index is 2.22. The summed E-state index contributed by atoms with van der Waals surface area (Å²) in [7, 11) is 0. The highest BCUT2D eigenvalue weighted by Crippen LogP contribution is 2.25. The lowest BCUT2D eigenvalue weighted by atomic mass is 10.00. The zero-order valence-corrected chi connectivity index (χ0v) is 12.8. The maximum atomic E-state index is 5.73. The number of aryl methyl sites for hydroxylation is 1. The van der Waals surface area contributed by atoms with Crippen LogP contribution in [0.2, 0.25) is 0 Å². The third-order valence-corrected chi connectivity index (χ3v) is 3.56. The Morgan fingerprint density at radius 2 is 2.20 bits per heavy atom. The zero-order chi connectivity index (χ0) is 14.5. The number of hydrogen-bond donors (Lipinski definition) is 1. The molecule has 2 rings (SSSR count). The van der Waals surface area contributed by atoms with Gasteiger partial charge < -0.3 is 15.4 Å². The van der Waals surface area contributed by atoms with Gasteiger partial charge in [-0.05, 0) is 53.0 Å². The monoisotopic (exact) mass is 278 g/mol. The first-order valence-electron chi connectivity index (χ1n) is 7.59. The smallest absolute Gasteiger partial charge is 0.229 e. The molecule has 0 aromatic carbocycles. The van der Waals surface area contributed by atoms with Gasteiger partial charge in [-0.25, -0.2) is 4.98 Å². The van der Waals surface area contributed by atoms with E-state index in [-0.39, 0.29) is 6.10 Å². The molecule has 1 aromatic heterocycles. The van der Waals surface area contributed by atoms with Crippen molar-refractivity contribution in [2.24, 2.45) is 5.73 Å². The van der Waals surface area contributed by atoms with Gasteiger partial charge in [-0.15, -0.1) is 0 Å². The van der Waals surface area contributed by atoms with Crippen molar-refractivity contribution < 1.29 is 4.74 Å². The predicted molar refractivity (Wildman–Crippen MR) is 81.2 cm³/mol. The molecule has 1 aliphatic rings. The fourth-order valence-electron chi connectivity index (χ4n) is 2.71. The first-order valence-corrected chi connectivity index (χ1v) is 7.59. The van der Waals surface area contributed by atoms with Crippen molar-refractivity contribution in [2.45, 2.75) is 58.6 Å². The average molecular weight is 278 g/mol. The number of aromatic nitrogens is 2. The molecule has 20 heavy (non-hydrogen) atoms. The van der Waals surface area contributed by atoms with Crippen molar-refractivity contribution >= 4 is 5.95 Å². The summed E-state index contributed by atoms with van der Waals surface area (Å²) < 4.78 is 5.72. The summed E-state index contributed by atoms with van der Waals surface area (Å²) in [5.41, 5.74) is 6.68. The molecule has 0 saturated carbocycles. The molecule has 1 unspecified atom stereocenters. The van der Waals surface area contributed by atoms with E-state index in [0.29, 0.717) is 18.5 Å². The van der Waals surface area contributed by atoms with Crippen molar-refractivity contribution in [2.75, 3.05) is 18.0 Å². The minimum absolute atomic E-state index is 0.123. The minimum Gasteiger partial charge on any atom is -0.475 e. The third-order valence-electron chi connectivity index (χ3n) is 3.56. The van der Waals surface area contributed by atoms with Gasteiger partial charge in [-0.2, -0.15) is 4.98 Å². The van der Waals surface area contributed by atoms with Gasteiger partial charge >= 0.3 is 0 Å². The fourth-order valence-corrected chi connectivity index (χ4v) is 2.71. The van der Waals surface area contributed by atoms with E-state index in [1.807, 2.05) is 26.8 Å². The van der Waals surface area contributed by atoms with Crippen molar-refractivity contribution in [1.29, 1.82) is 0 Å². The van der Waals surface area contributed by atoms with Gasteiger partial charge in [0.05, 0.1) is 6.10 Å². The molecule has 1 saturated heterocycles. The SMILES string of the molecule is Cc1cc(OC(C)C)nc(N2CCCCC2CCN)n1. The first-order chi connectivity index (χ1) is 9.60. The topological polar surface area (TPSA) is 64.3 Å². The van der Waals surface area contributed by atoms with E-state index in [1.165, 1.54) is 19.3 Å². The highest BCUT2D eigenvalue weighted by atomic mass is 16.5. The number of piperidine rings is 1. The number of anilines is 1. The number of ether oxygens (including phenoxy) is 1. The molecule has 112 valence electrons. The number of rotatable bonds is 5. The number of nitrogens with zero attached hydrogens (tertiary/aromatic N) is 3. The van der Waals surface area contributed by atoms with Crippen LogP contribution in [-0.4, -0.2) is 35.2 Å². The highest BCUT2D eigenvalue weighted by molar-refractivity contribution is 5.36. The molecule has 0 spiro atoms. The highest BCUT2D eigenvalue weighted by Gasteiger charge is 2.24. The summed E-state index contributed by atoms with van der Waals surface area (Å²) in [6.45, 7) is 7.72. The van der Waals surface area contributed by atoms with Crippen LogP contribution in [0.4, 0.5) is 5.95 Å². The summed E-state index contributed by atoms with van der Waals surface area (Å²) in [5, 5.41) is 0. The van der Waals surface area contributed by atoms with E-state index < -0.39 is 0 Å². The second-order valence-corrected chi connectivity index (χ2v) is 5.73. The van der Waals surface area contributed by atoms with E-state index in [9.17, 15) is 0 Å². The molecule has 0 amide bonds. The molecule has 1 aromatic rings. The average Bonchev–Trinajstić information content (AvgIpc) is 2.38. The van der Waals surface area contributed by atoms with Gasteiger partial charge in [0, 0.05) is 24.3 Å². The molecule has 0 radical (unpaired) electrons. The normalized spacial score (nSPS) is 19.4. The maximum Gasteiger partial charge on any atom is 0.229 e. The van der Waals surface area contributed by atoms with Crippen LogP contribution >= 0.6 is 0 Å². The van der Waals surface area contributed by atoms with Crippen LogP contribution in [0.5, 0.6) is 5.88 Å². The summed E-state index contributed by atoms with van der Waals surface area (Å²) in [5.74, 6) is 1.46. The first kappa shape index (κ1) is 15.0. The fraction of sp³-hybridized carbons (Fsp3) is 0.733. The second kappa shape index (κ2) is 6.88. The maximum absolute atomic E-state index is 5.73. The molecule has 2 N–H and O–H groups in total. The van der Waals surface area contributed by atoms with E-state index in [2.05, 4.69) is 14.9 Å². The Hall–Kier alpha value is -1.36. The molecule has 5 heteroatoms. The lowest BCUT2D eigenvalue weighted by molar-refractivity contribution is 0.232. The second-order valence-electron chi connectivity index (χ2n) is 5.73. The molecule has 1 aliphatic heterocycles. The van der Waals surface area contributed by atoms with Gasteiger partial charge in [0.25, 0.3) is 0 Å². The van der Waals surface area contributed by atoms with E-state index in [4.69, 9.17) is 10.5 Å². The predicted octanol–water partition coefficient (Wildman–Crippen LogP) is 2.28. The lowest BCUT2D eigenvalue weighted by Crippen LogP contribution is -2.42. The van der Waals surface area contributed by atoms with Crippen LogP contribution in [0.25, 0.3) is 0 Å². The Morgan fingerprint density at radius 1 is 1.40 bits per heavy atom. The molecular weight excluding hydrogens is 252 g/mol. The van der Waals surface area contributed by atoms with Crippen molar-refractivity contribution in [1.82, 2.24) is 9.97 Å². The van der Waals surface area contributed by atoms with Crippen LogP contribution in [0.3, 0.4) is 0 Å². The number of nitrogens with two attached hydrogens (primary N) is 1. The molecular formula is C15H26N4O. The Bertz CT molecular complexity index is 434. The van der Waals surface area contributed by atoms with Gasteiger partial charge in [0.15, 0.2) is 0 Å². The molecule has 5 nitrogen and oxygen atoms in total. The minimum atomic E-state index is 0.123. The summed E-state index contributed by atoms with van der Waals surface area (Å²) in [6.07, 6.45) is 4.76. The van der Waals surface area contributed by atoms with Gasteiger partial charge in [0.2, 0.25) is 11.8 Å². The van der Waals surface area contributed by atoms with Crippen molar-refractivity contribution in [3.8, 4) is 5.88 Å². The van der Waals surface area contributed by atoms with Crippen molar-refractivity contribution in [3.63, 3.8) is 0 Å². The summed E-state index contributed by atoms with van der Waals surface area (Å²) in [6, 6.07) is 2.35. The molecule has 2 heterocycles. The van der Waals surface area contributed by atoms with Crippen LogP contribution in [0, 0.1) is 6.92 Å². The third kappa shape index (κ3) is 3.82. The zero-order valence-electron chi connectivity index (χ0n) is 12.8. The largest absolute Gasteiger partial charge is 0.475 e. The Labute approximate surface area is 121 Å². The van der Waals surface area contributed by atoms with Crippen LogP contribution in [0.1, 0.15) is 45.2 Å². The van der Waals surface area contributed by atoms with Gasteiger partial charge in [0.1, 0.15) is 0 Å². The molecule has 1 atom stereocenters. The summed E-state index contributed by atoms with van der Waals surface area (Å²) >= 11 is 0. The standard InChI is InChI=1S/C15H26N4O/c1-11(2)20-14-10-12(3)17-15(18-14)19-9-5-4-6-13(19)7-8-16/h10-11,13H,4-9,16H2,1-3H3. The molecule has 1 fully saturated rings. The van der Waals surface area contributed by atoms with Crippen LogP contribution < -0.4 is 15.4 Å². The van der Waals surface area contributed by atoms with E-state index in [1.54, 1.807) is 0 Å². The summed E-state index contributed by atoms with van der Waals surface area (Å²) in [4.78, 5) is 11.5. The van der Waals surface area contributed by atoms with Crippen LogP contribution in [-0.2, 0) is 0 Å². The number of hydrogen-bond acceptors (Lipinski definition) is 5. The molecule has 0 aliphatic carbocycles. The van der Waals surface area contributed by atoms with Crippen molar-refractivity contribution in [3.05, 3.63) is 11.8 Å².